The first-order valence-electron chi connectivity index (χ1n) is 9.06. The third-order valence-corrected chi connectivity index (χ3v) is 5.06. The van der Waals surface area contributed by atoms with E-state index in [9.17, 15) is 9.90 Å². The fourth-order valence-electron chi connectivity index (χ4n) is 3.52. The van der Waals surface area contributed by atoms with Crippen molar-refractivity contribution < 1.29 is 14.4 Å². The fraction of sp³-hybridized carbons (Fsp3) is 0.611. The molecular formula is C18H27N5O3. The number of nitrogens with one attached hydrogen (secondary N) is 1. The van der Waals surface area contributed by atoms with Gasteiger partial charge in [-0.05, 0) is 34.1 Å². The molecule has 1 aliphatic heterocycles. The molecule has 0 saturated carbocycles. The topological polar surface area (TPSA) is 96.4 Å². The molecule has 2 aromatic rings. The Morgan fingerprint density at radius 1 is 1.42 bits per heavy atom. The normalized spacial score (nSPS) is 21.1. The Kier molecular flexibility index (Phi) is 5.43. The SMILES string of the molecule is CCn1nc(C)c(CN2CC[C@@H](NC(=O)c3cc(C)on3)[C@H](O)C2)c1C. The van der Waals surface area contributed by atoms with Gasteiger partial charge in [-0.15, -0.1) is 0 Å². The number of amides is 1. The number of carbonyl (C=O) groups excluding carboxylic acids is 1. The second-order valence-electron chi connectivity index (χ2n) is 6.96. The Bertz CT molecular complexity index is 782. The van der Waals surface area contributed by atoms with Crippen molar-refractivity contribution in [3.05, 3.63) is 34.5 Å². The zero-order valence-corrected chi connectivity index (χ0v) is 15.8. The van der Waals surface area contributed by atoms with Crippen molar-refractivity contribution in [2.24, 2.45) is 0 Å². The number of likely N-dealkylation sites (tertiary alicyclic amines) is 1. The summed E-state index contributed by atoms with van der Waals surface area (Å²) in [5.41, 5.74) is 3.68. The average Bonchev–Trinajstić information content (AvgIpc) is 3.15. The third-order valence-electron chi connectivity index (χ3n) is 5.06. The minimum atomic E-state index is -0.623. The fourth-order valence-corrected chi connectivity index (χ4v) is 3.52. The van der Waals surface area contributed by atoms with Gasteiger partial charge in [-0.1, -0.05) is 5.16 Å². The molecule has 0 spiro atoms. The maximum absolute atomic E-state index is 12.2. The summed E-state index contributed by atoms with van der Waals surface area (Å²) in [5.74, 6) is 0.277. The molecule has 142 valence electrons. The summed E-state index contributed by atoms with van der Waals surface area (Å²) in [7, 11) is 0. The predicted molar refractivity (Wildman–Crippen MR) is 95.8 cm³/mol. The quantitative estimate of drug-likeness (QED) is 0.830. The first-order chi connectivity index (χ1) is 12.4. The monoisotopic (exact) mass is 361 g/mol. The van der Waals surface area contributed by atoms with Gasteiger partial charge >= 0.3 is 0 Å². The number of β-amino-alcohol motifs (C(OH)–C–C–N with tert-alkyl or cyclic N) is 1. The van der Waals surface area contributed by atoms with Crippen molar-refractivity contribution in [3.63, 3.8) is 0 Å². The van der Waals surface area contributed by atoms with Gasteiger partial charge in [0.25, 0.3) is 5.91 Å². The van der Waals surface area contributed by atoms with Gasteiger partial charge < -0.3 is 14.9 Å². The lowest BCUT2D eigenvalue weighted by Crippen LogP contribution is -2.53. The van der Waals surface area contributed by atoms with Gasteiger partial charge in [-0.2, -0.15) is 5.10 Å². The van der Waals surface area contributed by atoms with E-state index in [0.29, 0.717) is 18.7 Å². The van der Waals surface area contributed by atoms with Crippen molar-refractivity contribution >= 4 is 5.91 Å². The molecular weight excluding hydrogens is 334 g/mol. The molecule has 2 atom stereocenters. The number of aryl methyl sites for hydroxylation is 3. The predicted octanol–water partition coefficient (Wildman–Crippen LogP) is 1.18. The second-order valence-corrected chi connectivity index (χ2v) is 6.96. The van der Waals surface area contributed by atoms with E-state index in [2.05, 4.69) is 34.3 Å². The molecule has 8 heteroatoms. The first kappa shape index (κ1) is 18.6. The summed E-state index contributed by atoms with van der Waals surface area (Å²) in [5, 5.41) is 21.6. The lowest BCUT2D eigenvalue weighted by atomic mass is 10.0. The number of aliphatic hydroxyl groups excluding tert-OH is 1. The van der Waals surface area contributed by atoms with Crippen LogP contribution in [0.5, 0.6) is 0 Å². The van der Waals surface area contributed by atoms with Crippen LogP contribution in [0.1, 0.15) is 46.5 Å². The highest BCUT2D eigenvalue weighted by Crippen LogP contribution is 2.19. The van der Waals surface area contributed by atoms with Crippen LogP contribution >= 0.6 is 0 Å². The van der Waals surface area contributed by atoms with Gasteiger partial charge in [-0.3, -0.25) is 14.4 Å². The molecule has 8 nitrogen and oxygen atoms in total. The van der Waals surface area contributed by atoms with Crippen LogP contribution < -0.4 is 5.32 Å². The molecule has 0 unspecified atom stereocenters. The summed E-state index contributed by atoms with van der Waals surface area (Å²) in [6.45, 7) is 10.9. The van der Waals surface area contributed by atoms with E-state index < -0.39 is 6.10 Å². The number of hydrogen-bond acceptors (Lipinski definition) is 6. The molecule has 1 amide bonds. The summed E-state index contributed by atoms with van der Waals surface area (Å²) in [6.07, 6.45) is 0.0616. The molecule has 1 aliphatic rings. The van der Waals surface area contributed by atoms with Crippen molar-refractivity contribution in [3.8, 4) is 0 Å². The highest BCUT2D eigenvalue weighted by molar-refractivity contribution is 5.92. The molecule has 0 bridgehead atoms. The van der Waals surface area contributed by atoms with E-state index in [0.717, 1.165) is 25.3 Å². The maximum atomic E-state index is 12.2. The summed E-state index contributed by atoms with van der Waals surface area (Å²) < 4.78 is 6.94. The Hall–Kier alpha value is -2.19. The van der Waals surface area contributed by atoms with Crippen LogP contribution in [-0.2, 0) is 13.1 Å². The van der Waals surface area contributed by atoms with Crippen LogP contribution in [-0.4, -0.2) is 56.1 Å². The lowest BCUT2D eigenvalue weighted by molar-refractivity contribution is 0.0346. The second kappa shape index (κ2) is 7.59. The van der Waals surface area contributed by atoms with Crippen LogP contribution in [0.4, 0.5) is 0 Å². The maximum Gasteiger partial charge on any atom is 0.273 e. The number of carbonyl (C=O) groups is 1. The molecule has 26 heavy (non-hydrogen) atoms. The molecule has 0 radical (unpaired) electrons. The summed E-state index contributed by atoms with van der Waals surface area (Å²) in [4.78, 5) is 14.4. The van der Waals surface area contributed by atoms with Crippen molar-refractivity contribution in [1.82, 2.24) is 25.2 Å². The van der Waals surface area contributed by atoms with Crippen LogP contribution in [0.3, 0.4) is 0 Å². The van der Waals surface area contributed by atoms with Crippen molar-refractivity contribution in [2.75, 3.05) is 13.1 Å². The van der Waals surface area contributed by atoms with Gasteiger partial charge in [0, 0.05) is 43.5 Å². The number of nitrogens with zero attached hydrogens (tertiary/aromatic N) is 4. The van der Waals surface area contributed by atoms with Crippen LogP contribution in [0.25, 0.3) is 0 Å². The summed E-state index contributed by atoms with van der Waals surface area (Å²) >= 11 is 0. The van der Waals surface area contributed by atoms with Gasteiger partial charge in [0.15, 0.2) is 5.69 Å². The van der Waals surface area contributed by atoms with E-state index in [-0.39, 0.29) is 17.6 Å². The minimum absolute atomic E-state index is 0.246. The number of aromatic nitrogens is 3. The van der Waals surface area contributed by atoms with Gasteiger partial charge in [-0.25, -0.2) is 0 Å². The molecule has 1 saturated heterocycles. The summed E-state index contributed by atoms with van der Waals surface area (Å²) in [6, 6.07) is 1.31. The zero-order valence-electron chi connectivity index (χ0n) is 15.8. The largest absolute Gasteiger partial charge is 0.390 e. The highest BCUT2D eigenvalue weighted by Gasteiger charge is 2.30. The van der Waals surface area contributed by atoms with Crippen LogP contribution in [0.15, 0.2) is 10.6 Å². The smallest absolute Gasteiger partial charge is 0.273 e. The van der Waals surface area contributed by atoms with E-state index in [1.54, 1.807) is 13.0 Å². The van der Waals surface area contributed by atoms with E-state index in [1.807, 2.05) is 11.6 Å². The number of aliphatic hydroxyl groups is 1. The molecule has 3 rings (SSSR count). The van der Waals surface area contributed by atoms with Crippen LogP contribution in [0.2, 0.25) is 0 Å². The van der Waals surface area contributed by atoms with Crippen molar-refractivity contribution in [1.29, 1.82) is 0 Å². The Balaban J connectivity index is 1.58. The van der Waals surface area contributed by atoms with E-state index >= 15 is 0 Å². The number of piperidine rings is 1. The van der Waals surface area contributed by atoms with Gasteiger partial charge in [0.2, 0.25) is 0 Å². The Labute approximate surface area is 153 Å². The van der Waals surface area contributed by atoms with E-state index in [1.165, 1.54) is 11.3 Å². The molecule has 1 fully saturated rings. The molecule has 3 heterocycles. The molecule has 0 aromatic carbocycles. The zero-order chi connectivity index (χ0) is 18.8. The molecule has 2 N–H and O–H groups in total. The molecule has 2 aromatic heterocycles. The lowest BCUT2D eigenvalue weighted by Gasteiger charge is -2.36. The third kappa shape index (κ3) is 3.81. The Morgan fingerprint density at radius 3 is 2.77 bits per heavy atom. The van der Waals surface area contributed by atoms with Crippen molar-refractivity contribution in [2.45, 2.75) is 59.4 Å². The average molecular weight is 361 g/mol. The van der Waals surface area contributed by atoms with Gasteiger partial charge in [0.1, 0.15) is 5.76 Å². The number of rotatable bonds is 5. The van der Waals surface area contributed by atoms with Crippen LogP contribution in [0, 0.1) is 20.8 Å². The van der Waals surface area contributed by atoms with E-state index in [4.69, 9.17) is 4.52 Å². The molecule has 0 aliphatic carbocycles. The minimum Gasteiger partial charge on any atom is -0.390 e. The first-order valence-corrected chi connectivity index (χ1v) is 9.06. The Morgan fingerprint density at radius 2 is 2.19 bits per heavy atom. The standard InChI is InChI=1S/C18H27N5O3/c1-5-23-13(4)14(12(3)20-23)9-22-7-6-15(17(24)10-22)19-18(25)16-8-11(2)26-21-16/h8,15,17,24H,5-7,9-10H2,1-4H3,(H,19,25)/t15-,17-/m1/s1. The van der Waals surface area contributed by atoms with Gasteiger partial charge in [0.05, 0.1) is 17.8 Å². The highest BCUT2D eigenvalue weighted by atomic mass is 16.5. The number of hydrogen-bond donors (Lipinski definition) is 2.